The monoisotopic (exact) mass is 458 g/mol. The molecule has 1 saturated heterocycles. The van der Waals surface area contributed by atoms with Crippen LogP contribution in [0.1, 0.15) is 24.2 Å². The van der Waals surface area contributed by atoms with Crippen molar-refractivity contribution < 1.29 is 27.1 Å². The first kappa shape index (κ1) is 21.6. The lowest BCUT2D eigenvalue weighted by atomic mass is 10.00. The summed E-state index contributed by atoms with van der Waals surface area (Å²) < 4.78 is 60.9. The van der Waals surface area contributed by atoms with Crippen molar-refractivity contribution in [3.05, 3.63) is 29.6 Å². The van der Waals surface area contributed by atoms with E-state index >= 15 is 0 Å². The first-order chi connectivity index (χ1) is 14.5. The zero-order valence-electron chi connectivity index (χ0n) is 16.3. The first-order valence-electron chi connectivity index (χ1n) is 9.39. The average Bonchev–Trinajstić information content (AvgIpc) is 2.71. The second kappa shape index (κ2) is 7.83. The lowest BCUT2D eigenvalue weighted by molar-refractivity contribution is -0.137. The maximum atomic E-state index is 14.8. The van der Waals surface area contributed by atoms with Gasteiger partial charge in [0.25, 0.3) is 0 Å². The second-order valence-electron chi connectivity index (χ2n) is 7.38. The topological polar surface area (TPSA) is 92.3 Å². The number of carbonyl (C=O) groups excluding carboxylic acids is 1. The van der Waals surface area contributed by atoms with Gasteiger partial charge >= 0.3 is 12.3 Å². The Morgan fingerprint density at radius 3 is 2.55 bits per heavy atom. The van der Waals surface area contributed by atoms with Gasteiger partial charge in [-0.05, 0) is 19.1 Å². The number of aromatic nitrogens is 3. The van der Waals surface area contributed by atoms with Crippen molar-refractivity contribution in [2.75, 3.05) is 36.4 Å². The third kappa shape index (κ3) is 4.40. The maximum Gasteiger partial charge on any atom is 0.416 e. The molecule has 2 N–H and O–H groups in total. The summed E-state index contributed by atoms with van der Waals surface area (Å²) in [4.78, 5) is 26.0. The minimum atomic E-state index is -4.63. The molecule has 0 saturated carbocycles. The summed E-state index contributed by atoms with van der Waals surface area (Å²) in [5.74, 6) is 0.0883. The number of ether oxygens (including phenoxy) is 1. The van der Waals surface area contributed by atoms with Crippen molar-refractivity contribution in [3.63, 3.8) is 0 Å². The van der Waals surface area contributed by atoms with Gasteiger partial charge in [-0.15, -0.1) is 0 Å². The molecule has 166 valence electrons. The lowest BCUT2D eigenvalue weighted by Crippen LogP contribution is -2.44. The van der Waals surface area contributed by atoms with E-state index < -0.39 is 29.3 Å². The van der Waals surface area contributed by atoms with E-state index in [2.05, 4.69) is 25.6 Å². The highest BCUT2D eigenvalue weighted by molar-refractivity contribution is 7.18. The standard InChI is InChI=1S/C18H19F4N6O2P/c1-17(19,31)14-12-13(24-8-25-15(12)27-16(29)30-14)10-6-9(18(20,21)22)7-11(26-10)28-4-2-23-3-5-28/h6-8,14,23H,2-5,31H2,1H3,(H,24,25,27,29)/t14-,17?/m0/s1. The molecule has 2 aromatic heterocycles. The second-order valence-corrected chi connectivity index (χ2v) is 8.51. The zero-order valence-corrected chi connectivity index (χ0v) is 17.5. The molecule has 0 aliphatic carbocycles. The van der Waals surface area contributed by atoms with E-state index in [1.165, 1.54) is 0 Å². The zero-order chi connectivity index (χ0) is 22.4. The van der Waals surface area contributed by atoms with Crippen LogP contribution in [0.25, 0.3) is 11.4 Å². The van der Waals surface area contributed by atoms with Crippen molar-refractivity contribution in [2.45, 2.75) is 24.6 Å². The van der Waals surface area contributed by atoms with Gasteiger partial charge in [0, 0.05) is 26.2 Å². The number of amides is 1. The molecule has 3 atom stereocenters. The van der Waals surface area contributed by atoms with E-state index in [4.69, 9.17) is 4.74 Å². The largest absolute Gasteiger partial charge is 0.437 e. The van der Waals surface area contributed by atoms with Gasteiger partial charge in [0.15, 0.2) is 11.5 Å². The molecule has 0 aromatic carbocycles. The van der Waals surface area contributed by atoms with E-state index in [9.17, 15) is 22.4 Å². The van der Waals surface area contributed by atoms with Crippen molar-refractivity contribution in [2.24, 2.45) is 0 Å². The highest BCUT2D eigenvalue weighted by Crippen LogP contribution is 2.46. The van der Waals surface area contributed by atoms with Crippen molar-refractivity contribution in [3.8, 4) is 11.4 Å². The summed E-state index contributed by atoms with van der Waals surface area (Å²) >= 11 is 0. The van der Waals surface area contributed by atoms with Crippen LogP contribution in [0.15, 0.2) is 18.5 Å². The lowest BCUT2D eigenvalue weighted by Gasteiger charge is -2.33. The normalized spacial score (nSPS) is 21.0. The van der Waals surface area contributed by atoms with Crippen molar-refractivity contribution in [1.82, 2.24) is 20.3 Å². The van der Waals surface area contributed by atoms with Gasteiger partial charge < -0.3 is 15.0 Å². The van der Waals surface area contributed by atoms with Crippen LogP contribution in [0.4, 0.5) is 34.0 Å². The number of pyridine rings is 1. The SMILES string of the molecule is CC(F)(P)[C@H]1OC(=O)Nc2ncnc(-c3cc(C(F)(F)F)cc(N4CCNCC4)n3)c21. The van der Waals surface area contributed by atoms with Gasteiger partial charge in [-0.1, -0.05) is 9.24 Å². The Morgan fingerprint density at radius 1 is 1.19 bits per heavy atom. The van der Waals surface area contributed by atoms with Crippen LogP contribution in [-0.2, 0) is 10.9 Å². The van der Waals surface area contributed by atoms with Crippen LogP contribution < -0.4 is 15.5 Å². The van der Waals surface area contributed by atoms with E-state index in [1.54, 1.807) is 4.90 Å². The Bertz CT molecular complexity index is 1010. The number of nitrogens with zero attached hydrogens (tertiary/aromatic N) is 4. The highest BCUT2D eigenvalue weighted by atomic mass is 31.0. The van der Waals surface area contributed by atoms with E-state index in [1.807, 2.05) is 9.24 Å². The number of carbonyl (C=O) groups is 1. The molecule has 1 amide bonds. The fraction of sp³-hybridized carbons (Fsp3) is 0.444. The number of rotatable bonds is 3. The molecule has 2 aliphatic rings. The quantitative estimate of drug-likeness (QED) is 0.540. The number of alkyl halides is 4. The van der Waals surface area contributed by atoms with Crippen LogP contribution in [0, 0.1) is 0 Å². The molecule has 13 heteroatoms. The third-order valence-corrected chi connectivity index (χ3v) is 5.23. The molecule has 1 fully saturated rings. The first-order valence-corrected chi connectivity index (χ1v) is 9.97. The summed E-state index contributed by atoms with van der Waals surface area (Å²) in [5, 5.41) is 3.34. The van der Waals surface area contributed by atoms with Crippen LogP contribution in [0.5, 0.6) is 0 Å². The number of hydrogen-bond acceptors (Lipinski definition) is 7. The van der Waals surface area contributed by atoms with Crippen LogP contribution >= 0.6 is 9.24 Å². The van der Waals surface area contributed by atoms with Gasteiger partial charge in [0.2, 0.25) is 0 Å². The Morgan fingerprint density at radius 2 is 1.90 bits per heavy atom. The van der Waals surface area contributed by atoms with Crippen molar-refractivity contribution >= 4 is 27.0 Å². The molecular weight excluding hydrogens is 439 g/mol. The number of hydrogen-bond donors (Lipinski definition) is 2. The van der Waals surface area contributed by atoms with Gasteiger partial charge in [-0.2, -0.15) is 13.2 Å². The molecule has 2 aromatic rings. The summed E-state index contributed by atoms with van der Waals surface area (Å²) in [6, 6.07) is 1.83. The molecule has 0 spiro atoms. The fourth-order valence-electron chi connectivity index (χ4n) is 3.49. The molecule has 4 rings (SSSR count). The molecule has 2 unspecified atom stereocenters. The van der Waals surface area contributed by atoms with E-state index in [0.717, 1.165) is 25.4 Å². The summed E-state index contributed by atoms with van der Waals surface area (Å²) in [6.45, 7) is 3.32. The van der Waals surface area contributed by atoms with Crippen LogP contribution in [0.3, 0.4) is 0 Å². The van der Waals surface area contributed by atoms with Gasteiger partial charge in [-0.3, -0.25) is 5.32 Å². The highest BCUT2D eigenvalue weighted by Gasteiger charge is 2.43. The van der Waals surface area contributed by atoms with E-state index in [-0.39, 0.29) is 28.6 Å². The van der Waals surface area contributed by atoms with Crippen LogP contribution in [0.2, 0.25) is 0 Å². The predicted molar refractivity (Wildman–Crippen MR) is 107 cm³/mol. The Kier molecular flexibility index (Phi) is 5.47. The number of halogens is 4. The molecule has 4 heterocycles. The smallest absolute Gasteiger partial charge is 0.416 e. The third-order valence-electron chi connectivity index (χ3n) is 4.93. The molecule has 0 radical (unpaired) electrons. The average molecular weight is 458 g/mol. The van der Waals surface area contributed by atoms with E-state index in [0.29, 0.717) is 26.2 Å². The number of anilines is 2. The fourth-order valence-corrected chi connectivity index (χ4v) is 3.73. The molecule has 0 bridgehead atoms. The van der Waals surface area contributed by atoms with Gasteiger partial charge in [0.05, 0.1) is 16.8 Å². The number of piperazine rings is 1. The Labute approximate surface area is 177 Å². The predicted octanol–water partition coefficient (Wildman–Crippen LogP) is 3.13. The Hall–Kier alpha value is -2.59. The summed E-state index contributed by atoms with van der Waals surface area (Å²) in [6.07, 6.45) is -5.95. The number of cyclic esters (lactones) is 1. The van der Waals surface area contributed by atoms with Gasteiger partial charge in [-0.25, -0.2) is 24.1 Å². The minimum absolute atomic E-state index is 0.0141. The summed E-state index contributed by atoms with van der Waals surface area (Å²) in [7, 11) is 1.92. The maximum absolute atomic E-state index is 14.8. The molecule has 31 heavy (non-hydrogen) atoms. The molecular formula is C18H19F4N6O2P. The Balaban J connectivity index is 1.90. The number of nitrogens with one attached hydrogen (secondary N) is 2. The summed E-state index contributed by atoms with van der Waals surface area (Å²) in [5.41, 5.74) is -1.07. The van der Waals surface area contributed by atoms with Gasteiger partial charge in [0.1, 0.15) is 23.7 Å². The van der Waals surface area contributed by atoms with Crippen molar-refractivity contribution in [1.29, 1.82) is 0 Å². The van der Waals surface area contributed by atoms with Crippen LogP contribution in [-0.4, -0.2) is 52.6 Å². The number of fused-ring (bicyclic) bond motifs is 1. The molecule has 8 nitrogen and oxygen atoms in total. The molecule has 2 aliphatic heterocycles. The minimum Gasteiger partial charge on any atom is -0.437 e.